The minimum Gasteiger partial charge on any atom is -0.461 e. The van der Waals surface area contributed by atoms with Crippen LogP contribution < -0.4 is 10.1 Å². The Labute approximate surface area is 173 Å². The van der Waals surface area contributed by atoms with E-state index in [9.17, 15) is 23.2 Å². The quantitative estimate of drug-likeness (QED) is 0.503. The average Bonchev–Trinajstić information content (AvgIpc) is 3.42. The van der Waals surface area contributed by atoms with E-state index in [1.807, 2.05) is 5.32 Å². The number of aromatic nitrogens is 2. The third-order valence-corrected chi connectivity index (χ3v) is 3.71. The molecule has 2 aromatic heterocycles. The molecule has 10 nitrogen and oxygen atoms in total. The van der Waals surface area contributed by atoms with Crippen molar-refractivity contribution in [1.29, 1.82) is 0 Å². The molecule has 0 unspecified atom stereocenters. The van der Waals surface area contributed by atoms with Crippen LogP contribution in [0.5, 0.6) is 5.75 Å². The van der Waals surface area contributed by atoms with E-state index in [2.05, 4.69) is 14.9 Å². The molecule has 3 rings (SSSR count). The lowest BCUT2D eigenvalue weighted by atomic mass is 10.2. The van der Waals surface area contributed by atoms with Gasteiger partial charge in [-0.2, -0.15) is 13.8 Å². The molecule has 0 aliphatic heterocycles. The van der Waals surface area contributed by atoms with Crippen molar-refractivity contribution in [3.05, 3.63) is 54.1 Å². The number of amides is 2. The monoisotopic (exact) mass is 435 g/mol. The Kier molecular flexibility index (Phi) is 7.04. The van der Waals surface area contributed by atoms with Crippen LogP contribution in [0.3, 0.4) is 0 Å². The Bertz CT molecular complexity index is 1030. The van der Waals surface area contributed by atoms with Gasteiger partial charge in [0.1, 0.15) is 5.75 Å². The Hall–Kier alpha value is -4.09. The van der Waals surface area contributed by atoms with Crippen LogP contribution in [0.25, 0.3) is 11.6 Å². The largest absolute Gasteiger partial charge is 0.461 e. The standard InChI is InChI=1S/C19H15F2N3O7/c20-19(21)30-12-5-3-11(4-6-12)18(27)22-14(25)10-29-16(26)8-7-15-23-17(24-31-15)13-2-1-9-28-13/h1-6,9,19H,7-8,10H2,(H,22,25,27). The second-order valence-electron chi connectivity index (χ2n) is 5.93. The van der Waals surface area contributed by atoms with Gasteiger partial charge >= 0.3 is 12.6 Å². The SMILES string of the molecule is O=C(COC(=O)CCc1nc(-c2ccco2)no1)NC(=O)c1ccc(OC(F)F)cc1. The Balaban J connectivity index is 1.39. The van der Waals surface area contributed by atoms with Gasteiger partial charge in [-0.15, -0.1) is 0 Å². The molecule has 1 N–H and O–H groups in total. The molecule has 0 saturated heterocycles. The van der Waals surface area contributed by atoms with E-state index in [-0.39, 0.29) is 35.9 Å². The molecule has 1 aromatic carbocycles. The normalized spacial score (nSPS) is 10.7. The van der Waals surface area contributed by atoms with Crippen molar-refractivity contribution in [3.63, 3.8) is 0 Å². The number of rotatable bonds is 9. The van der Waals surface area contributed by atoms with Crippen molar-refractivity contribution in [3.8, 4) is 17.3 Å². The summed E-state index contributed by atoms with van der Waals surface area (Å²) in [5.74, 6) is -1.67. The minimum absolute atomic E-state index is 0.0325. The summed E-state index contributed by atoms with van der Waals surface area (Å²) in [7, 11) is 0. The molecule has 0 bridgehead atoms. The molecular weight excluding hydrogens is 420 g/mol. The number of hydrogen-bond donors (Lipinski definition) is 1. The number of hydrogen-bond acceptors (Lipinski definition) is 9. The van der Waals surface area contributed by atoms with Gasteiger partial charge in [0.2, 0.25) is 11.7 Å². The number of alkyl halides is 2. The lowest BCUT2D eigenvalue weighted by molar-refractivity contribution is -0.148. The van der Waals surface area contributed by atoms with Crippen LogP contribution in [0.15, 0.2) is 51.6 Å². The molecule has 0 aliphatic rings. The Morgan fingerprint density at radius 3 is 2.58 bits per heavy atom. The second-order valence-corrected chi connectivity index (χ2v) is 5.93. The number of imide groups is 1. The van der Waals surface area contributed by atoms with Gasteiger partial charge in [-0.25, -0.2) is 0 Å². The fourth-order valence-electron chi connectivity index (χ4n) is 2.31. The fourth-order valence-corrected chi connectivity index (χ4v) is 2.31. The van der Waals surface area contributed by atoms with Gasteiger partial charge in [-0.05, 0) is 36.4 Å². The number of carbonyl (C=O) groups is 3. The Morgan fingerprint density at radius 2 is 1.90 bits per heavy atom. The Morgan fingerprint density at radius 1 is 1.13 bits per heavy atom. The molecular formula is C19H15F2N3O7. The molecule has 0 radical (unpaired) electrons. The first kappa shape index (κ1) is 21.6. The highest BCUT2D eigenvalue weighted by molar-refractivity contribution is 6.05. The number of nitrogens with zero attached hydrogens (tertiary/aromatic N) is 2. The summed E-state index contributed by atoms with van der Waals surface area (Å²) in [5.41, 5.74) is 0.0325. The van der Waals surface area contributed by atoms with Crippen LogP contribution in [0.2, 0.25) is 0 Å². The molecule has 0 aliphatic carbocycles. The third-order valence-electron chi connectivity index (χ3n) is 3.71. The van der Waals surface area contributed by atoms with Crippen LogP contribution in [-0.4, -0.2) is 41.1 Å². The van der Waals surface area contributed by atoms with Crippen molar-refractivity contribution < 1.29 is 41.6 Å². The van der Waals surface area contributed by atoms with Crippen molar-refractivity contribution in [2.24, 2.45) is 0 Å². The first-order valence-corrected chi connectivity index (χ1v) is 8.82. The number of nitrogens with one attached hydrogen (secondary N) is 1. The van der Waals surface area contributed by atoms with E-state index in [0.29, 0.717) is 5.76 Å². The van der Waals surface area contributed by atoms with Gasteiger partial charge in [-0.1, -0.05) is 5.16 Å². The molecule has 0 saturated carbocycles. The first-order chi connectivity index (χ1) is 14.9. The van der Waals surface area contributed by atoms with E-state index >= 15 is 0 Å². The van der Waals surface area contributed by atoms with E-state index < -0.39 is 31.0 Å². The summed E-state index contributed by atoms with van der Waals surface area (Å²) in [5, 5.41) is 5.72. The fraction of sp³-hybridized carbons (Fsp3) is 0.211. The summed E-state index contributed by atoms with van der Waals surface area (Å²) >= 11 is 0. The highest BCUT2D eigenvalue weighted by Gasteiger charge is 2.15. The summed E-state index contributed by atoms with van der Waals surface area (Å²) in [6.07, 6.45) is 1.40. The number of esters is 1. The molecule has 0 fully saturated rings. The van der Waals surface area contributed by atoms with E-state index in [1.165, 1.54) is 18.4 Å². The lowest BCUT2D eigenvalue weighted by Gasteiger charge is -2.07. The first-order valence-electron chi connectivity index (χ1n) is 8.82. The predicted octanol–water partition coefficient (Wildman–Crippen LogP) is 2.36. The number of benzene rings is 1. The summed E-state index contributed by atoms with van der Waals surface area (Å²) < 4.78 is 43.3. The third kappa shape index (κ3) is 6.45. The molecule has 0 spiro atoms. The van der Waals surface area contributed by atoms with Crippen LogP contribution in [0.4, 0.5) is 8.78 Å². The van der Waals surface area contributed by atoms with E-state index in [0.717, 1.165) is 12.1 Å². The number of aryl methyl sites for hydroxylation is 1. The molecule has 0 atom stereocenters. The molecule has 12 heteroatoms. The highest BCUT2D eigenvalue weighted by atomic mass is 19.3. The van der Waals surface area contributed by atoms with Gasteiger partial charge in [0.25, 0.3) is 11.8 Å². The predicted molar refractivity (Wildman–Crippen MR) is 96.8 cm³/mol. The second kappa shape index (κ2) is 10.1. The number of furan rings is 1. The zero-order valence-corrected chi connectivity index (χ0v) is 15.7. The zero-order valence-electron chi connectivity index (χ0n) is 15.7. The maximum atomic E-state index is 12.1. The van der Waals surface area contributed by atoms with Gasteiger partial charge in [0.15, 0.2) is 12.4 Å². The minimum atomic E-state index is -2.99. The topological polar surface area (TPSA) is 134 Å². The maximum absolute atomic E-state index is 12.1. The van der Waals surface area contributed by atoms with E-state index in [1.54, 1.807) is 12.1 Å². The number of ether oxygens (including phenoxy) is 2. The average molecular weight is 435 g/mol. The van der Waals surface area contributed by atoms with Crippen LogP contribution in [-0.2, 0) is 20.7 Å². The lowest BCUT2D eigenvalue weighted by Crippen LogP contribution is -2.34. The van der Waals surface area contributed by atoms with Gasteiger partial charge in [-0.3, -0.25) is 19.7 Å². The van der Waals surface area contributed by atoms with E-state index in [4.69, 9.17) is 13.7 Å². The van der Waals surface area contributed by atoms with Crippen molar-refractivity contribution in [2.45, 2.75) is 19.5 Å². The molecule has 3 aromatic rings. The van der Waals surface area contributed by atoms with Crippen LogP contribution in [0.1, 0.15) is 22.7 Å². The number of halogens is 2. The molecule has 2 heterocycles. The van der Waals surface area contributed by atoms with Gasteiger partial charge < -0.3 is 18.4 Å². The van der Waals surface area contributed by atoms with Crippen molar-refractivity contribution in [1.82, 2.24) is 15.5 Å². The zero-order chi connectivity index (χ0) is 22.2. The van der Waals surface area contributed by atoms with Crippen molar-refractivity contribution in [2.75, 3.05) is 6.61 Å². The maximum Gasteiger partial charge on any atom is 0.387 e. The van der Waals surface area contributed by atoms with Crippen LogP contribution in [0, 0.1) is 0 Å². The van der Waals surface area contributed by atoms with Gasteiger partial charge in [0.05, 0.1) is 12.7 Å². The number of carbonyl (C=O) groups excluding carboxylic acids is 3. The highest BCUT2D eigenvalue weighted by Crippen LogP contribution is 2.16. The molecule has 162 valence electrons. The van der Waals surface area contributed by atoms with Crippen molar-refractivity contribution >= 4 is 17.8 Å². The smallest absolute Gasteiger partial charge is 0.387 e. The summed E-state index contributed by atoms with van der Waals surface area (Å²) in [6, 6.07) is 8.02. The summed E-state index contributed by atoms with van der Waals surface area (Å²) in [6.45, 7) is -3.67. The van der Waals surface area contributed by atoms with Gasteiger partial charge in [0, 0.05) is 12.0 Å². The molecule has 31 heavy (non-hydrogen) atoms. The van der Waals surface area contributed by atoms with Crippen LogP contribution >= 0.6 is 0 Å². The molecule has 2 amide bonds. The summed E-state index contributed by atoms with van der Waals surface area (Å²) in [4.78, 5) is 39.5.